The van der Waals surface area contributed by atoms with Crippen LogP contribution in [0.5, 0.6) is 5.75 Å². The number of rotatable bonds is 5. The van der Waals surface area contributed by atoms with Crippen molar-refractivity contribution in [3.05, 3.63) is 36.7 Å². The van der Waals surface area contributed by atoms with Gasteiger partial charge in [0.25, 0.3) is 0 Å². The van der Waals surface area contributed by atoms with Gasteiger partial charge in [-0.2, -0.15) is 0 Å². The highest BCUT2D eigenvalue weighted by molar-refractivity contribution is 6.03. The van der Waals surface area contributed by atoms with Crippen LogP contribution < -0.4 is 19.9 Å². The molecule has 1 unspecified atom stereocenters. The number of amides is 2. The van der Waals surface area contributed by atoms with E-state index in [1.807, 2.05) is 18.2 Å². The molecule has 1 aromatic carbocycles. The molecule has 2 amide bonds. The fourth-order valence-electron chi connectivity index (χ4n) is 3.80. The predicted molar refractivity (Wildman–Crippen MR) is 110 cm³/mol. The van der Waals surface area contributed by atoms with E-state index in [9.17, 15) is 9.59 Å². The zero-order chi connectivity index (χ0) is 20.2. The summed E-state index contributed by atoms with van der Waals surface area (Å²) in [5.41, 5.74) is 1.28. The minimum absolute atomic E-state index is 0.0740. The molecule has 2 fully saturated rings. The molecule has 152 valence electrons. The van der Waals surface area contributed by atoms with Gasteiger partial charge in [-0.3, -0.25) is 9.59 Å². The summed E-state index contributed by atoms with van der Waals surface area (Å²) in [5.74, 6) is 0.681. The van der Waals surface area contributed by atoms with Crippen LogP contribution in [0, 0.1) is 5.92 Å². The molecule has 8 heteroatoms. The molecule has 3 heterocycles. The van der Waals surface area contributed by atoms with Crippen LogP contribution in [-0.4, -0.2) is 48.5 Å². The number of piperidine rings is 1. The normalized spacial score (nSPS) is 19.3. The molecule has 2 saturated heterocycles. The maximum atomic E-state index is 12.7. The number of benzene rings is 1. The number of hydrogen-bond donors (Lipinski definition) is 1. The van der Waals surface area contributed by atoms with Gasteiger partial charge in [-0.1, -0.05) is 6.07 Å². The Hall–Kier alpha value is -3.16. The average Bonchev–Trinajstić information content (AvgIpc) is 3.17. The van der Waals surface area contributed by atoms with Crippen LogP contribution >= 0.6 is 0 Å². The molecule has 2 aromatic rings. The fraction of sp³-hybridized carbons (Fsp3) is 0.429. The van der Waals surface area contributed by atoms with E-state index < -0.39 is 5.92 Å². The third-order valence-corrected chi connectivity index (χ3v) is 5.41. The number of carbonyl (C=O) groups is 2. The second-order valence-electron chi connectivity index (χ2n) is 7.42. The lowest BCUT2D eigenvalue weighted by Gasteiger charge is -2.26. The van der Waals surface area contributed by atoms with E-state index >= 15 is 0 Å². The van der Waals surface area contributed by atoms with E-state index in [4.69, 9.17) is 4.74 Å². The summed E-state index contributed by atoms with van der Waals surface area (Å²) in [6, 6.07) is 7.29. The Labute approximate surface area is 169 Å². The highest BCUT2D eigenvalue weighted by atomic mass is 16.5. The maximum Gasteiger partial charge on any atom is 0.229 e. The van der Waals surface area contributed by atoms with Crippen molar-refractivity contribution >= 4 is 29.1 Å². The fourth-order valence-corrected chi connectivity index (χ4v) is 3.80. The van der Waals surface area contributed by atoms with Crippen molar-refractivity contribution in [2.75, 3.05) is 41.9 Å². The Morgan fingerprint density at radius 3 is 2.66 bits per heavy atom. The number of nitrogens with zero attached hydrogens (tertiary/aromatic N) is 4. The molecule has 0 bridgehead atoms. The number of ether oxygens (including phenoxy) is 1. The first-order valence-electron chi connectivity index (χ1n) is 9.96. The average molecular weight is 395 g/mol. The van der Waals surface area contributed by atoms with Gasteiger partial charge in [0.2, 0.25) is 17.8 Å². The molecule has 8 nitrogen and oxygen atoms in total. The first kappa shape index (κ1) is 19.2. The SMILES string of the molecule is COc1cccc(N2CC(C(=O)Nc3cnc(N4CCCCC4)nc3)CC2=O)c1. The van der Waals surface area contributed by atoms with Crippen LogP contribution in [0.3, 0.4) is 0 Å². The largest absolute Gasteiger partial charge is 0.497 e. The molecule has 2 aliphatic heterocycles. The number of anilines is 3. The Balaban J connectivity index is 1.38. The molecule has 0 spiro atoms. The van der Waals surface area contributed by atoms with E-state index in [0.29, 0.717) is 23.9 Å². The summed E-state index contributed by atoms with van der Waals surface area (Å²) in [7, 11) is 1.58. The van der Waals surface area contributed by atoms with Crippen LogP contribution in [0.2, 0.25) is 0 Å². The van der Waals surface area contributed by atoms with E-state index in [2.05, 4.69) is 20.2 Å². The second kappa shape index (κ2) is 8.46. The molecule has 0 radical (unpaired) electrons. The van der Waals surface area contributed by atoms with Gasteiger partial charge in [-0.25, -0.2) is 9.97 Å². The molecule has 1 N–H and O–H groups in total. The molecule has 2 aliphatic rings. The molecule has 1 aromatic heterocycles. The second-order valence-corrected chi connectivity index (χ2v) is 7.42. The topological polar surface area (TPSA) is 87.7 Å². The Bertz CT molecular complexity index is 880. The van der Waals surface area contributed by atoms with Crippen molar-refractivity contribution in [1.29, 1.82) is 0 Å². The van der Waals surface area contributed by atoms with E-state index in [0.717, 1.165) is 31.6 Å². The van der Waals surface area contributed by atoms with E-state index in [1.54, 1.807) is 30.5 Å². The number of hydrogen-bond acceptors (Lipinski definition) is 6. The standard InChI is InChI=1S/C21H25N5O3/c1-29-18-7-5-6-17(11-18)26-14-15(10-19(26)27)20(28)24-16-12-22-21(23-13-16)25-8-3-2-4-9-25/h5-7,11-13,15H,2-4,8-10,14H2,1H3,(H,24,28). The van der Waals surface area contributed by atoms with Gasteiger partial charge in [0.1, 0.15) is 5.75 Å². The third kappa shape index (κ3) is 4.31. The monoisotopic (exact) mass is 395 g/mol. The highest BCUT2D eigenvalue weighted by Gasteiger charge is 2.35. The zero-order valence-corrected chi connectivity index (χ0v) is 16.5. The molecular formula is C21H25N5O3. The van der Waals surface area contributed by atoms with Gasteiger partial charge in [0.15, 0.2) is 0 Å². The van der Waals surface area contributed by atoms with Crippen molar-refractivity contribution in [3.8, 4) is 5.75 Å². The minimum atomic E-state index is -0.421. The van der Waals surface area contributed by atoms with Crippen LogP contribution in [0.1, 0.15) is 25.7 Å². The summed E-state index contributed by atoms with van der Waals surface area (Å²) in [4.78, 5) is 37.7. The van der Waals surface area contributed by atoms with Crippen LogP contribution in [0.4, 0.5) is 17.3 Å². The lowest BCUT2D eigenvalue weighted by atomic mass is 10.1. The van der Waals surface area contributed by atoms with E-state index in [-0.39, 0.29) is 18.2 Å². The number of nitrogens with one attached hydrogen (secondary N) is 1. The molecule has 0 aliphatic carbocycles. The van der Waals surface area contributed by atoms with Crippen LogP contribution in [0.25, 0.3) is 0 Å². The third-order valence-electron chi connectivity index (χ3n) is 5.41. The van der Waals surface area contributed by atoms with Gasteiger partial charge in [0, 0.05) is 37.8 Å². The summed E-state index contributed by atoms with van der Waals surface area (Å²) in [6.07, 6.45) is 6.99. The zero-order valence-electron chi connectivity index (χ0n) is 16.5. The summed E-state index contributed by atoms with van der Waals surface area (Å²) in [6.45, 7) is 2.27. The number of methoxy groups -OCH3 is 1. The number of carbonyl (C=O) groups excluding carboxylic acids is 2. The van der Waals surface area contributed by atoms with Gasteiger partial charge < -0.3 is 19.9 Å². The molecule has 1 atom stereocenters. The maximum absolute atomic E-state index is 12.7. The summed E-state index contributed by atoms with van der Waals surface area (Å²) < 4.78 is 5.22. The van der Waals surface area contributed by atoms with Gasteiger partial charge >= 0.3 is 0 Å². The van der Waals surface area contributed by atoms with Crippen molar-refractivity contribution in [3.63, 3.8) is 0 Å². The summed E-state index contributed by atoms with van der Waals surface area (Å²) >= 11 is 0. The molecule has 29 heavy (non-hydrogen) atoms. The summed E-state index contributed by atoms with van der Waals surface area (Å²) in [5, 5.41) is 2.84. The van der Waals surface area contributed by atoms with Gasteiger partial charge in [0.05, 0.1) is 31.1 Å². The van der Waals surface area contributed by atoms with Gasteiger partial charge in [-0.15, -0.1) is 0 Å². The van der Waals surface area contributed by atoms with E-state index in [1.165, 1.54) is 6.42 Å². The van der Waals surface area contributed by atoms with Crippen LogP contribution in [0.15, 0.2) is 36.7 Å². The quantitative estimate of drug-likeness (QED) is 0.837. The van der Waals surface area contributed by atoms with Crippen molar-refractivity contribution in [2.24, 2.45) is 5.92 Å². The lowest BCUT2D eigenvalue weighted by Crippen LogP contribution is -2.31. The number of aromatic nitrogens is 2. The molecule has 4 rings (SSSR count). The molecular weight excluding hydrogens is 370 g/mol. The first-order chi connectivity index (χ1) is 14.1. The van der Waals surface area contributed by atoms with Crippen molar-refractivity contribution in [1.82, 2.24) is 9.97 Å². The Kier molecular flexibility index (Phi) is 5.59. The van der Waals surface area contributed by atoms with Crippen molar-refractivity contribution < 1.29 is 14.3 Å². The first-order valence-corrected chi connectivity index (χ1v) is 9.96. The van der Waals surface area contributed by atoms with Gasteiger partial charge in [-0.05, 0) is 31.4 Å². The van der Waals surface area contributed by atoms with Crippen LogP contribution in [-0.2, 0) is 9.59 Å². The lowest BCUT2D eigenvalue weighted by molar-refractivity contribution is -0.122. The smallest absolute Gasteiger partial charge is 0.229 e. The minimum Gasteiger partial charge on any atom is -0.497 e. The highest BCUT2D eigenvalue weighted by Crippen LogP contribution is 2.28. The Morgan fingerprint density at radius 1 is 1.17 bits per heavy atom. The Morgan fingerprint density at radius 2 is 1.93 bits per heavy atom. The van der Waals surface area contributed by atoms with Crippen molar-refractivity contribution in [2.45, 2.75) is 25.7 Å². The molecule has 0 saturated carbocycles. The predicted octanol–water partition coefficient (Wildman–Crippen LogP) is 2.47.